The third-order valence-corrected chi connectivity index (χ3v) is 6.51. The molecule has 1 saturated heterocycles. The predicted octanol–water partition coefficient (Wildman–Crippen LogP) is 3.63. The van der Waals surface area contributed by atoms with E-state index in [1.165, 1.54) is 43.2 Å². The van der Waals surface area contributed by atoms with Crippen LogP contribution < -0.4 is 10.6 Å². The van der Waals surface area contributed by atoms with Crippen molar-refractivity contribution in [2.24, 2.45) is 16.3 Å². The number of nitrogens with zero attached hydrogens (tertiary/aromatic N) is 1. The Morgan fingerprint density at radius 1 is 1.28 bits per heavy atom. The summed E-state index contributed by atoms with van der Waals surface area (Å²) in [5.74, 6) is 1.60. The second kappa shape index (κ2) is 7.82. The average Bonchev–Trinajstić information content (AvgIpc) is 3.25. The number of aryl methyl sites for hydroxylation is 1. The van der Waals surface area contributed by atoms with Crippen molar-refractivity contribution >= 4 is 29.9 Å². The lowest BCUT2D eigenvalue weighted by Crippen LogP contribution is -2.69. The summed E-state index contributed by atoms with van der Waals surface area (Å²) in [4.78, 5) is 4.48. The van der Waals surface area contributed by atoms with Gasteiger partial charge in [0.2, 0.25) is 0 Å². The van der Waals surface area contributed by atoms with Gasteiger partial charge in [-0.3, -0.25) is 4.99 Å². The molecule has 1 aliphatic heterocycles. The number of nitrogens with one attached hydrogen (secondary N) is 2. The molecule has 2 N–H and O–H groups in total. The van der Waals surface area contributed by atoms with Gasteiger partial charge >= 0.3 is 0 Å². The number of ether oxygens (including phenoxy) is 1. The maximum absolute atomic E-state index is 6.08. The van der Waals surface area contributed by atoms with E-state index in [9.17, 15) is 0 Å². The maximum atomic E-state index is 6.08. The molecular weight excluding hydrogens is 425 g/mol. The van der Waals surface area contributed by atoms with Crippen LogP contribution in [0.4, 0.5) is 0 Å². The SMILES string of the molecule is CN=C(NCc1ccccc1C)NC1C2CCOC2C12CCCC2.I. The molecule has 4 nitrogen and oxygen atoms in total. The first-order valence-corrected chi connectivity index (χ1v) is 9.38. The maximum Gasteiger partial charge on any atom is 0.191 e. The third-order valence-electron chi connectivity index (χ3n) is 6.51. The van der Waals surface area contributed by atoms with Gasteiger partial charge in [0.25, 0.3) is 0 Å². The molecule has 2 aliphatic carbocycles. The monoisotopic (exact) mass is 455 g/mol. The highest BCUT2D eigenvalue weighted by molar-refractivity contribution is 14.0. The number of benzene rings is 1. The first-order valence-electron chi connectivity index (χ1n) is 9.38. The van der Waals surface area contributed by atoms with E-state index in [0.29, 0.717) is 23.5 Å². The van der Waals surface area contributed by atoms with Gasteiger partial charge in [0.15, 0.2) is 5.96 Å². The summed E-state index contributed by atoms with van der Waals surface area (Å²) in [7, 11) is 1.87. The van der Waals surface area contributed by atoms with E-state index < -0.39 is 0 Å². The zero-order chi connectivity index (χ0) is 16.6. The van der Waals surface area contributed by atoms with Crippen molar-refractivity contribution in [2.45, 2.75) is 57.7 Å². The molecule has 0 aromatic heterocycles. The van der Waals surface area contributed by atoms with Crippen molar-refractivity contribution in [1.29, 1.82) is 0 Å². The molecule has 138 valence electrons. The van der Waals surface area contributed by atoms with Gasteiger partial charge in [-0.05, 0) is 37.3 Å². The summed E-state index contributed by atoms with van der Waals surface area (Å²) >= 11 is 0. The van der Waals surface area contributed by atoms with Gasteiger partial charge in [0.05, 0.1) is 6.10 Å². The van der Waals surface area contributed by atoms with E-state index in [2.05, 4.69) is 46.8 Å². The fourth-order valence-corrected chi connectivity index (χ4v) is 5.23. The fraction of sp³-hybridized carbons (Fsp3) is 0.650. The van der Waals surface area contributed by atoms with Gasteiger partial charge in [-0.15, -0.1) is 24.0 Å². The summed E-state index contributed by atoms with van der Waals surface area (Å²) in [6.45, 7) is 3.91. The zero-order valence-corrected chi connectivity index (χ0v) is 17.6. The van der Waals surface area contributed by atoms with Gasteiger partial charge < -0.3 is 15.4 Å². The lowest BCUT2D eigenvalue weighted by Gasteiger charge is -2.57. The first-order chi connectivity index (χ1) is 11.7. The van der Waals surface area contributed by atoms with E-state index in [1.807, 2.05) is 7.05 Å². The smallest absolute Gasteiger partial charge is 0.191 e. The highest BCUT2D eigenvalue weighted by Crippen LogP contribution is 2.60. The normalized spacial score (nSPS) is 29.7. The van der Waals surface area contributed by atoms with Crippen molar-refractivity contribution < 1.29 is 4.74 Å². The topological polar surface area (TPSA) is 45.7 Å². The number of halogens is 1. The van der Waals surface area contributed by atoms with Crippen LogP contribution in [-0.2, 0) is 11.3 Å². The highest BCUT2D eigenvalue weighted by Gasteiger charge is 2.65. The van der Waals surface area contributed by atoms with Crippen LogP contribution in [0.3, 0.4) is 0 Å². The van der Waals surface area contributed by atoms with Gasteiger partial charge in [0, 0.05) is 37.6 Å². The molecule has 0 amide bonds. The van der Waals surface area contributed by atoms with Gasteiger partial charge in [-0.1, -0.05) is 37.1 Å². The van der Waals surface area contributed by atoms with E-state index in [0.717, 1.165) is 19.1 Å². The second-order valence-electron chi connectivity index (χ2n) is 7.66. The molecule has 3 aliphatic rings. The van der Waals surface area contributed by atoms with Crippen molar-refractivity contribution in [3.05, 3.63) is 35.4 Å². The zero-order valence-electron chi connectivity index (χ0n) is 15.3. The summed E-state index contributed by atoms with van der Waals surface area (Å²) in [5, 5.41) is 7.27. The van der Waals surface area contributed by atoms with E-state index in [1.54, 1.807) is 0 Å². The average molecular weight is 455 g/mol. The minimum Gasteiger partial charge on any atom is -0.377 e. The number of guanidine groups is 1. The molecule has 5 heteroatoms. The summed E-state index contributed by atoms with van der Waals surface area (Å²) in [5.41, 5.74) is 3.01. The molecule has 1 heterocycles. The van der Waals surface area contributed by atoms with Gasteiger partial charge in [-0.2, -0.15) is 0 Å². The standard InChI is InChI=1S/C20H29N3O.HI/c1-14-7-3-4-8-15(14)13-22-19(21-2)23-17-16-9-12-24-18(16)20(17)10-5-6-11-20;/h3-4,7-8,16-18H,5-6,9-13H2,1-2H3,(H2,21,22,23);1H. The van der Waals surface area contributed by atoms with Crippen LogP contribution in [0.1, 0.15) is 43.2 Å². The Hall–Kier alpha value is -0.820. The van der Waals surface area contributed by atoms with Crippen LogP contribution in [0.25, 0.3) is 0 Å². The molecule has 1 spiro atoms. The minimum absolute atomic E-state index is 0. The van der Waals surface area contributed by atoms with Crippen LogP contribution in [0.15, 0.2) is 29.3 Å². The number of aliphatic imine (C=N–C) groups is 1. The molecule has 1 aromatic carbocycles. The lowest BCUT2D eigenvalue weighted by atomic mass is 9.54. The Balaban J connectivity index is 0.00000182. The molecule has 3 unspecified atom stereocenters. The number of hydrogen-bond donors (Lipinski definition) is 2. The van der Waals surface area contributed by atoms with Crippen molar-refractivity contribution in [3.63, 3.8) is 0 Å². The van der Waals surface area contributed by atoms with Crippen molar-refractivity contribution in [3.8, 4) is 0 Å². The van der Waals surface area contributed by atoms with Crippen molar-refractivity contribution in [2.75, 3.05) is 13.7 Å². The predicted molar refractivity (Wildman–Crippen MR) is 112 cm³/mol. The Kier molecular flexibility index (Phi) is 5.93. The van der Waals surface area contributed by atoms with Gasteiger partial charge in [0.1, 0.15) is 0 Å². The first kappa shape index (κ1) is 19.0. The highest BCUT2D eigenvalue weighted by atomic mass is 127. The van der Waals surface area contributed by atoms with Gasteiger partial charge in [-0.25, -0.2) is 0 Å². The number of fused-ring (bicyclic) bond motifs is 2. The van der Waals surface area contributed by atoms with Crippen LogP contribution in [0.5, 0.6) is 0 Å². The van der Waals surface area contributed by atoms with Crippen molar-refractivity contribution in [1.82, 2.24) is 10.6 Å². The quantitative estimate of drug-likeness (QED) is 0.416. The molecule has 1 aromatic rings. The lowest BCUT2D eigenvalue weighted by molar-refractivity contribution is -0.125. The molecular formula is C20H30IN3O. The summed E-state index contributed by atoms with van der Waals surface area (Å²) in [6.07, 6.45) is 6.99. The van der Waals surface area contributed by atoms with E-state index >= 15 is 0 Å². The van der Waals surface area contributed by atoms with Crippen LogP contribution in [0, 0.1) is 18.3 Å². The third kappa shape index (κ3) is 3.29. The molecule has 0 radical (unpaired) electrons. The number of rotatable bonds is 3. The Labute approximate surface area is 168 Å². The van der Waals surface area contributed by atoms with Crippen LogP contribution >= 0.6 is 24.0 Å². The minimum atomic E-state index is 0. The Morgan fingerprint density at radius 2 is 2.04 bits per heavy atom. The molecule has 0 bridgehead atoms. The summed E-state index contributed by atoms with van der Waals surface area (Å²) in [6, 6.07) is 9.05. The molecule has 25 heavy (non-hydrogen) atoms. The van der Waals surface area contributed by atoms with Crippen LogP contribution in [0.2, 0.25) is 0 Å². The number of hydrogen-bond acceptors (Lipinski definition) is 2. The Morgan fingerprint density at radius 3 is 2.76 bits per heavy atom. The Bertz CT molecular complexity index is 627. The summed E-state index contributed by atoms with van der Waals surface area (Å²) < 4.78 is 6.08. The van der Waals surface area contributed by atoms with E-state index in [4.69, 9.17) is 4.74 Å². The van der Waals surface area contributed by atoms with E-state index in [-0.39, 0.29) is 24.0 Å². The van der Waals surface area contributed by atoms with Crippen LogP contribution in [-0.4, -0.2) is 31.8 Å². The molecule has 3 fully saturated rings. The molecule has 4 rings (SSSR count). The largest absolute Gasteiger partial charge is 0.377 e. The second-order valence-corrected chi connectivity index (χ2v) is 7.66. The molecule has 3 atom stereocenters. The fourth-order valence-electron chi connectivity index (χ4n) is 5.23. The molecule has 2 saturated carbocycles.